The average molecular weight is 368 g/mol. The number of pyridine rings is 1. The summed E-state index contributed by atoms with van der Waals surface area (Å²) >= 11 is 5.92. The Balaban J connectivity index is 1.42. The standard InChI is InChI=1S/C18H18ClN7/c19-14-4-6-15(7-5-14)22-16-13-21-24-18(23-16)26-11-9-25(10-12-26)17-3-1-2-8-20-17/h1-8,13H,9-12H2,(H,22,23,24). The second-order valence-electron chi connectivity index (χ2n) is 5.94. The lowest BCUT2D eigenvalue weighted by atomic mass is 10.3. The molecule has 0 saturated carbocycles. The minimum absolute atomic E-state index is 0.629. The number of rotatable bonds is 4. The molecule has 0 unspecified atom stereocenters. The van der Waals surface area contributed by atoms with Crippen LogP contribution in [-0.4, -0.2) is 46.3 Å². The monoisotopic (exact) mass is 367 g/mol. The van der Waals surface area contributed by atoms with E-state index in [1.807, 2.05) is 48.7 Å². The molecule has 0 amide bonds. The Bertz CT molecular complexity index is 849. The van der Waals surface area contributed by atoms with Crippen molar-refractivity contribution in [2.75, 3.05) is 41.3 Å². The van der Waals surface area contributed by atoms with Gasteiger partial charge in [0.05, 0.1) is 6.20 Å². The van der Waals surface area contributed by atoms with Crippen molar-refractivity contribution in [2.45, 2.75) is 0 Å². The van der Waals surface area contributed by atoms with Crippen molar-refractivity contribution in [3.8, 4) is 0 Å². The van der Waals surface area contributed by atoms with Gasteiger partial charge in [-0.2, -0.15) is 10.1 Å². The first-order chi connectivity index (χ1) is 12.8. The molecule has 2 aromatic heterocycles. The van der Waals surface area contributed by atoms with Gasteiger partial charge in [0, 0.05) is 43.1 Å². The average Bonchev–Trinajstić information content (AvgIpc) is 2.71. The molecule has 132 valence electrons. The topological polar surface area (TPSA) is 70.1 Å². The predicted molar refractivity (Wildman–Crippen MR) is 103 cm³/mol. The number of hydrogen-bond acceptors (Lipinski definition) is 7. The third-order valence-corrected chi connectivity index (χ3v) is 4.45. The number of aromatic nitrogens is 4. The molecule has 7 nitrogen and oxygen atoms in total. The van der Waals surface area contributed by atoms with E-state index >= 15 is 0 Å². The molecule has 8 heteroatoms. The highest BCUT2D eigenvalue weighted by Crippen LogP contribution is 2.19. The smallest absolute Gasteiger partial charge is 0.247 e. The summed E-state index contributed by atoms with van der Waals surface area (Å²) in [5, 5.41) is 12.2. The summed E-state index contributed by atoms with van der Waals surface area (Å²) in [7, 11) is 0. The molecule has 26 heavy (non-hydrogen) atoms. The van der Waals surface area contributed by atoms with E-state index in [1.54, 1.807) is 6.20 Å². The number of piperazine rings is 1. The summed E-state index contributed by atoms with van der Waals surface area (Å²) in [4.78, 5) is 13.4. The van der Waals surface area contributed by atoms with Gasteiger partial charge < -0.3 is 15.1 Å². The summed E-state index contributed by atoms with van der Waals surface area (Å²) in [6.45, 7) is 3.38. The van der Waals surface area contributed by atoms with Crippen LogP contribution in [0.15, 0.2) is 54.9 Å². The van der Waals surface area contributed by atoms with Crippen LogP contribution in [0, 0.1) is 0 Å². The van der Waals surface area contributed by atoms with Gasteiger partial charge in [-0.15, -0.1) is 5.10 Å². The van der Waals surface area contributed by atoms with Crippen molar-refractivity contribution in [1.29, 1.82) is 0 Å². The van der Waals surface area contributed by atoms with Crippen molar-refractivity contribution in [3.63, 3.8) is 0 Å². The summed E-state index contributed by atoms with van der Waals surface area (Å²) in [6, 6.07) is 13.4. The number of hydrogen-bond donors (Lipinski definition) is 1. The van der Waals surface area contributed by atoms with Crippen LogP contribution in [0.25, 0.3) is 0 Å². The molecule has 1 aliphatic heterocycles. The van der Waals surface area contributed by atoms with Gasteiger partial charge >= 0.3 is 0 Å². The Morgan fingerprint density at radius 1 is 0.923 bits per heavy atom. The molecule has 0 atom stereocenters. The summed E-state index contributed by atoms with van der Waals surface area (Å²) < 4.78 is 0. The fourth-order valence-corrected chi connectivity index (χ4v) is 2.97. The van der Waals surface area contributed by atoms with Gasteiger partial charge in [-0.05, 0) is 36.4 Å². The van der Waals surface area contributed by atoms with Crippen LogP contribution in [0.3, 0.4) is 0 Å². The Kier molecular flexibility index (Phi) is 4.79. The predicted octanol–water partition coefficient (Wildman–Crippen LogP) is 2.99. The van der Waals surface area contributed by atoms with Crippen LogP contribution >= 0.6 is 11.6 Å². The van der Waals surface area contributed by atoms with E-state index in [2.05, 4.69) is 35.3 Å². The Morgan fingerprint density at radius 2 is 1.69 bits per heavy atom. The highest BCUT2D eigenvalue weighted by Gasteiger charge is 2.20. The molecule has 0 spiro atoms. The molecule has 4 rings (SSSR count). The molecular weight excluding hydrogens is 350 g/mol. The summed E-state index contributed by atoms with van der Waals surface area (Å²) in [6.07, 6.45) is 3.43. The van der Waals surface area contributed by atoms with Gasteiger partial charge in [-0.25, -0.2) is 4.98 Å². The van der Waals surface area contributed by atoms with Crippen molar-refractivity contribution in [1.82, 2.24) is 20.2 Å². The second-order valence-corrected chi connectivity index (χ2v) is 6.37. The van der Waals surface area contributed by atoms with Crippen molar-refractivity contribution < 1.29 is 0 Å². The van der Waals surface area contributed by atoms with Crippen LogP contribution in [0.5, 0.6) is 0 Å². The molecule has 1 N–H and O–H groups in total. The normalized spacial score (nSPS) is 14.3. The molecule has 1 saturated heterocycles. The first kappa shape index (κ1) is 16.5. The van der Waals surface area contributed by atoms with Crippen LogP contribution < -0.4 is 15.1 Å². The lowest BCUT2D eigenvalue weighted by Gasteiger charge is -2.35. The van der Waals surface area contributed by atoms with Gasteiger partial charge in [0.1, 0.15) is 5.82 Å². The van der Waals surface area contributed by atoms with E-state index in [1.165, 1.54) is 0 Å². The summed E-state index contributed by atoms with van der Waals surface area (Å²) in [5.41, 5.74) is 0.904. The maximum atomic E-state index is 5.92. The van der Waals surface area contributed by atoms with E-state index in [0.29, 0.717) is 16.8 Å². The zero-order chi connectivity index (χ0) is 17.8. The van der Waals surface area contributed by atoms with E-state index in [0.717, 1.165) is 37.7 Å². The van der Waals surface area contributed by atoms with Crippen molar-refractivity contribution >= 4 is 34.9 Å². The SMILES string of the molecule is Clc1ccc(Nc2cnnc(N3CCN(c4ccccn4)CC3)n2)cc1. The van der Waals surface area contributed by atoms with Crippen LogP contribution in [0.1, 0.15) is 0 Å². The number of halogens is 1. The molecule has 1 aliphatic rings. The van der Waals surface area contributed by atoms with Gasteiger partial charge in [0.25, 0.3) is 0 Å². The van der Waals surface area contributed by atoms with E-state index in [-0.39, 0.29) is 0 Å². The quantitative estimate of drug-likeness (QED) is 0.760. The third kappa shape index (κ3) is 3.83. The molecule has 1 aromatic carbocycles. The first-order valence-corrected chi connectivity index (χ1v) is 8.79. The minimum atomic E-state index is 0.629. The van der Waals surface area contributed by atoms with Crippen LogP contribution in [0.4, 0.5) is 23.3 Å². The van der Waals surface area contributed by atoms with E-state index < -0.39 is 0 Å². The molecule has 3 heterocycles. The maximum absolute atomic E-state index is 5.92. The van der Waals surface area contributed by atoms with Crippen molar-refractivity contribution in [2.24, 2.45) is 0 Å². The number of anilines is 4. The van der Waals surface area contributed by atoms with Gasteiger partial charge in [-0.3, -0.25) is 0 Å². The number of benzene rings is 1. The lowest BCUT2D eigenvalue weighted by molar-refractivity contribution is 0.630. The lowest BCUT2D eigenvalue weighted by Crippen LogP contribution is -2.47. The molecule has 0 bridgehead atoms. The van der Waals surface area contributed by atoms with E-state index in [4.69, 9.17) is 11.6 Å². The minimum Gasteiger partial charge on any atom is -0.353 e. The fourth-order valence-electron chi connectivity index (χ4n) is 2.85. The highest BCUT2D eigenvalue weighted by molar-refractivity contribution is 6.30. The van der Waals surface area contributed by atoms with Crippen molar-refractivity contribution in [3.05, 3.63) is 59.9 Å². The zero-order valence-corrected chi connectivity index (χ0v) is 14.8. The Labute approximate surface area is 156 Å². The Morgan fingerprint density at radius 3 is 2.42 bits per heavy atom. The largest absolute Gasteiger partial charge is 0.353 e. The molecule has 3 aromatic rings. The molecule has 0 aliphatic carbocycles. The van der Waals surface area contributed by atoms with Crippen LogP contribution in [0.2, 0.25) is 5.02 Å². The van der Waals surface area contributed by atoms with Gasteiger partial charge in [0.15, 0.2) is 5.82 Å². The van der Waals surface area contributed by atoms with Crippen LogP contribution in [-0.2, 0) is 0 Å². The zero-order valence-electron chi connectivity index (χ0n) is 14.1. The fraction of sp³-hybridized carbons (Fsp3) is 0.222. The summed E-state index contributed by atoms with van der Waals surface area (Å²) in [5.74, 6) is 2.29. The number of nitrogens with one attached hydrogen (secondary N) is 1. The molecule has 0 radical (unpaired) electrons. The first-order valence-electron chi connectivity index (χ1n) is 8.41. The van der Waals surface area contributed by atoms with Gasteiger partial charge in [-0.1, -0.05) is 17.7 Å². The maximum Gasteiger partial charge on any atom is 0.247 e. The molecular formula is C18H18ClN7. The second kappa shape index (κ2) is 7.53. The molecule has 1 fully saturated rings. The number of nitrogens with zero attached hydrogens (tertiary/aromatic N) is 6. The Hall–Kier alpha value is -2.93. The van der Waals surface area contributed by atoms with Gasteiger partial charge in [0.2, 0.25) is 5.95 Å². The van der Waals surface area contributed by atoms with E-state index in [9.17, 15) is 0 Å². The third-order valence-electron chi connectivity index (χ3n) is 4.20. The highest BCUT2D eigenvalue weighted by atomic mass is 35.5.